The number of hydrogen-bond donors (Lipinski definition) is 1. The third kappa shape index (κ3) is 5.87. The summed E-state index contributed by atoms with van der Waals surface area (Å²) in [6.07, 6.45) is -5.45. The van der Waals surface area contributed by atoms with Gasteiger partial charge < -0.3 is 9.64 Å². The van der Waals surface area contributed by atoms with Crippen molar-refractivity contribution in [2.24, 2.45) is 0 Å². The van der Waals surface area contributed by atoms with Crippen molar-refractivity contribution in [3.63, 3.8) is 0 Å². The van der Waals surface area contributed by atoms with E-state index in [1.165, 1.54) is 12.1 Å². The highest BCUT2D eigenvalue weighted by molar-refractivity contribution is 7.87. The molecule has 0 spiro atoms. The number of anilines is 1. The van der Waals surface area contributed by atoms with Crippen LogP contribution in [0.4, 0.5) is 23.7 Å². The maximum absolute atomic E-state index is 13.5. The first-order valence-corrected chi connectivity index (χ1v) is 13.4. The number of hydrogen-bond acceptors (Lipinski definition) is 7. The van der Waals surface area contributed by atoms with Crippen LogP contribution in [0.2, 0.25) is 0 Å². The van der Waals surface area contributed by atoms with Crippen molar-refractivity contribution >= 4 is 45.2 Å². The van der Waals surface area contributed by atoms with E-state index in [2.05, 4.69) is 0 Å². The van der Waals surface area contributed by atoms with Crippen LogP contribution in [0.1, 0.15) is 58.6 Å². The third-order valence-electron chi connectivity index (χ3n) is 6.15. The Balaban J connectivity index is 1.80. The Labute approximate surface area is 224 Å². The average molecular weight is 576 g/mol. The van der Waals surface area contributed by atoms with Crippen LogP contribution >= 0.6 is 12.2 Å². The maximum Gasteiger partial charge on any atom is 0.422 e. The summed E-state index contributed by atoms with van der Waals surface area (Å²) < 4.78 is 73.8. The highest BCUT2D eigenvalue weighted by atomic mass is 32.2. The fourth-order valence-electron chi connectivity index (χ4n) is 4.46. The Hall–Kier alpha value is -2.96. The van der Waals surface area contributed by atoms with Gasteiger partial charge in [0.1, 0.15) is 11.1 Å². The van der Waals surface area contributed by atoms with Crippen LogP contribution in [-0.4, -0.2) is 65.0 Å². The van der Waals surface area contributed by atoms with Crippen LogP contribution < -0.4 is 9.62 Å². The number of amides is 2. The first-order chi connectivity index (χ1) is 17.3. The normalized spacial score (nSPS) is 19.4. The number of nitrogens with zero attached hydrogens (tertiary/aromatic N) is 4. The van der Waals surface area contributed by atoms with E-state index in [4.69, 9.17) is 22.2 Å². The van der Waals surface area contributed by atoms with E-state index in [-0.39, 0.29) is 36.7 Å². The highest BCUT2D eigenvalue weighted by Crippen LogP contribution is 2.39. The predicted molar refractivity (Wildman–Crippen MR) is 135 cm³/mol. The lowest BCUT2D eigenvalue weighted by Gasteiger charge is -2.41. The molecule has 1 aromatic carbocycles. The Kier molecular flexibility index (Phi) is 7.77. The number of carbonyl (C=O) groups is 2. The second-order valence-corrected chi connectivity index (χ2v) is 12.5. The van der Waals surface area contributed by atoms with Gasteiger partial charge >= 0.3 is 22.5 Å². The van der Waals surface area contributed by atoms with Gasteiger partial charge in [-0.25, -0.2) is 9.52 Å². The van der Waals surface area contributed by atoms with Gasteiger partial charge in [0.2, 0.25) is 0 Å². The molecule has 0 bridgehead atoms. The van der Waals surface area contributed by atoms with Gasteiger partial charge in [-0.1, -0.05) is 0 Å². The summed E-state index contributed by atoms with van der Waals surface area (Å²) in [6.45, 7) is 7.96. The average Bonchev–Trinajstić information content (AvgIpc) is 2.94. The molecule has 0 unspecified atom stereocenters. The van der Waals surface area contributed by atoms with Gasteiger partial charge in [0, 0.05) is 19.1 Å². The lowest BCUT2D eigenvalue weighted by atomic mass is 9.97. The quantitative estimate of drug-likeness (QED) is 0.541. The predicted octanol–water partition coefficient (Wildman–Crippen LogP) is 3.52. The third-order valence-corrected chi connectivity index (χ3v) is 8.00. The highest BCUT2D eigenvalue weighted by Gasteiger charge is 2.53. The zero-order valence-corrected chi connectivity index (χ0v) is 23.1. The van der Waals surface area contributed by atoms with Crippen molar-refractivity contribution in [1.82, 2.24) is 13.9 Å². The summed E-state index contributed by atoms with van der Waals surface area (Å²) in [7, 11) is -4.19. The molecule has 0 atom stereocenters. The number of nitriles is 1. The van der Waals surface area contributed by atoms with E-state index in [9.17, 15) is 31.2 Å². The lowest BCUT2D eigenvalue weighted by Crippen LogP contribution is -2.55. The van der Waals surface area contributed by atoms with E-state index in [1.807, 2.05) is 4.72 Å². The van der Waals surface area contributed by atoms with E-state index in [1.54, 1.807) is 39.5 Å². The first kappa shape index (κ1) is 29.6. The SMILES string of the molecule is CC(C)(C)OC(=O)NS(=O)(=O)N1CCC(N2C(=S)N(c3ccc(C#N)c(C(F)(F)F)c3)C(=O)C2(C)C)CC1. The van der Waals surface area contributed by atoms with Crippen molar-refractivity contribution < 1.29 is 35.9 Å². The molecule has 2 fully saturated rings. The molecule has 2 amide bonds. The number of nitrogens with one attached hydrogen (secondary N) is 1. The molecule has 0 radical (unpaired) electrons. The van der Waals surface area contributed by atoms with Crippen LogP contribution in [0.3, 0.4) is 0 Å². The zero-order chi connectivity index (χ0) is 28.8. The summed E-state index contributed by atoms with van der Waals surface area (Å²) in [4.78, 5) is 27.9. The van der Waals surface area contributed by atoms with Crippen LogP contribution in [0, 0.1) is 11.3 Å². The second-order valence-electron chi connectivity index (χ2n) is 10.4. The van der Waals surface area contributed by atoms with E-state index < -0.39 is 56.7 Å². The summed E-state index contributed by atoms with van der Waals surface area (Å²) in [5.74, 6) is -0.554. The Morgan fingerprint density at radius 1 is 1.21 bits per heavy atom. The molecule has 2 heterocycles. The van der Waals surface area contributed by atoms with Crippen molar-refractivity contribution in [3.8, 4) is 6.07 Å². The van der Waals surface area contributed by atoms with Gasteiger partial charge in [-0.3, -0.25) is 9.69 Å². The summed E-state index contributed by atoms with van der Waals surface area (Å²) in [6, 6.07) is 4.04. The van der Waals surface area contributed by atoms with Gasteiger partial charge in [0.25, 0.3) is 5.91 Å². The molecular weight excluding hydrogens is 547 g/mol. The summed E-state index contributed by atoms with van der Waals surface area (Å²) >= 11 is 5.54. The Morgan fingerprint density at radius 2 is 1.79 bits per heavy atom. The van der Waals surface area contributed by atoms with Crippen LogP contribution in [0.15, 0.2) is 18.2 Å². The van der Waals surface area contributed by atoms with Crippen LogP contribution in [0.5, 0.6) is 0 Å². The number of piperidine rings is 1. The van der Waals surface area contributed by atoms with Gasteiger partial charge in [0.05, 0.1) is 22.9 Å². The van der Waals surface area contributed by atoms with E-state index >= 15 is 0 Å². The number of carbonyl (C=O) groups excluding carboxylic acids is 2. The molecular formula is C23H28F3N5O5S2. The summed E-state index contributed by atoms with van der Waals surface area (Å²) in [5.41, 5.74) is -4.01. The fourth-order valence-corrected chi connectivity index (χ4v) is 6.10. The maximum atomic E-state index is 13.5. The van der Waals surface area contributed by atoms with Gasteiger partial charge in [-0.15, -0.1) is 0 Å². The molecule has 38 heavy (non-hydrogen) atoms. The smallest absolute Gasteiger partial charge is 0.422 e. The molecule has 15 heteroatoms. The molecule has 10 nitrogen and oxygen atoms in total. The lowest BCUT2D eigenvalue weighted by molar-refractivity contribution is -0.137. The molecule has 208 valence electrons. The standard InChI is InChI=1S/C23H28F3N5O5S2/c1-21(2,3)36-19(33)28-38(34,35)29-10-8-15(9-11-29)31-20(37)30(18(32)22(31,4)5)16-7-6-14(13-27)17(12-16)23(24,25)26/h6-7,12,15H,8-11H2,1-5H3,(H,28,33). The van der Waals surface area contributed by atoms with Gasteiger partial charge in [0.15, 0.2) is 5.11 Å². The molecule has 1 aromatic rings. The molecule has 2 aliphatic heterocycles. The largest absolute Gasteiger partial charge is 0.443 e. The minimum absolute atomic E-state index is 0.00126. The zero-order valence-electron chi connectivity index (χ0n) is 21.4. The number of benzene rings is 1. The number of alkyl halides is 3. The van der Waals surface area contributed by atoms with Gasteiger partial charge in [-0.2, -0.15) is 31.2 Å². The van der Waals surface area contributed by atoms with Crippen LogP contribution in [-0.2, 0) is 25.9 Å². The van der Waals surface area contributed by atoms with Crippen molar-refractivity contribution in [3.05, 3.63) is 29.3 Å². The number of ether oxygens (including phenoxy) is 1. The topological polar surface area (TPSA) is 123 Å². The van der Waals surface area contributed by atoms with E-state index in [0.717, 1.165) is 21.3 Å². The monoisotopic (exact) mass is 575 g/mol. The number of thiocarbonyl (C=S) groups is 1. The van der Waals surface area contributed by atoms with Crippen molar-refractivity contribution in [1.29, 1.82) is 5.26 Å². The molecule has 0 saturated carbocycles. The minimum atomic E-state index is -4.81. The Morgan fingerprint density at radius 3 is 2.29 bits per heavy atom. The molecule has 2 aliphatic rings. The number of halogens is 3. The molecule has 1 N–H and O–H groups in total. The van der Waals surface area contributed by atoms with Crippen molar-refractivity contribution in [2.75, 3.05) is 18.0 Å². The van der Waals surface area contributed by atoms with Crippen molar-refractivity contribution in [2.45, 2.75) is 70.8 Å². The van der Waals surface area contributed by atoms with E-state index in [0.29, 0.717) is 0 Å². The molecule has 2 saturated heterocycles. The first-order valence-electron chi connectivity index (χ1n) is 11.6. The van der Waals surface area contributed by atoms with Gasteiger partial charge in [-0.05, 0) is 77.9 Å². The summed E-state index contributed by atoms with van der Waals surface area (Å²) in [5, 5.41) is 9.05. The minimum Gasteiger partial charge on any atom is -0.443 e. The number of rotatable bonds is 4. The molecule has 3 rings (SSSR count). The molecule has 0 aromatic heterocycles. The fraction of sp³-hybridized carbons (Fsp3) is 0.565. The van der Waals surface area contributed by atoms with Crippen LogP contribution in [0.25, 0.3) is 0 Å². The Bertz CT molecular complexity index is 1290. The molecule has 0 aliphatic carbocycles. The second kappa shape index (κ2) is 9.97.